The first-order valence-electron chi connectivity index (χ1n) is 12.1. The molecule has 3 heterocycles. The molecule has 0 aliphatic carbocycles. The number of benzene rings is 3. The van der Waals surface area contributed by atoms with Crippen LogP contribution in [0.25, 0.3) is 54.4 Å². The predicted molar refractivity (Wildman–Crippen MR) is 151 cm³/mol. The van der Waals surface area contributed by atoms with Crippen LogP contribution >= 0.6 is 11.3 Å². The number of para-hydroxylation sites is 1. The van der Waals surface area contributed by atoms with Gasteiger partial charge in [0.2, 0.25) is 0 Å². The van der Waals surface area contributed by atoms with Crippen molar-refractivity contribution < 1.29 is 4.42 Å². The Labute approximate surface area is 210 Å². The number of nitrogens with zero attached hydrogens (tertiary/aromatic N) is 1. The van der Waals surface area contributed by atoms with Gasteiger partial charge in [0.15, 0.2) is 5.58 Å². The second-order valence-corrected chi connectivity index (χ2v) is 11.9. The summed E-state index contributed by atoms with van der Waals surface area (Å²) in [5, 5.41) is 3.55. The third-order valence-electron chi connectivity index (χ3n) is 7.01. The summed E-state index contributed by atoms with van der Waals surface area (Å²) in [5.41, 5.74) is 10.2. The van der Waals surface area contributed by atoms with Gasteiger partial charge in [-0.2, -0.15) is 0 Å². The number of aryl methyl sites for hydroxylation is 3. The molecule has 0 unspecified atom stereocenters. The van der Waals surface area contributed by atoms with Crippen LogP contribution in [-0.2, 0) is 5.41 Å². The van der Waals surface area contributed by atoms with Gasteiger partial charge in [-0.05, 0) is 83.7 Å². The fourth-order valence-corrected chi connectivity index (χ4v) is 6.33. The molecule has 6 aromatic rings. The zero-order valence-corrected chi connectivity index (χ0v) is 21.9. The fourth-order valence-electron chi connectivity index (χ4n) is 5.33. The van der Waals surface area contributed by atoms with Crippen LogP contribution in [0.4, 0.5) is 0 Å². The number of pyridine rings is 1. The Morgan fingerprint density at radius 2 is 1.49 bits per heavy atom. The van der Waals surface area contributed by atoms with Crippen molar-refractivity contribution in [3.8, 4) is 22.4 Å². The van der Waals surface area contributed by atoms with Crippen molar-refractivity contribution in [2.24, 2.45) is 0 Å². The maximum Gasteiger partial charge on any atom is 0.153 e. The summed E-state index contributed by atoms with van der Waals surface area (Å²) >= 11 is 1.80. The van der Waals surface area contributed by atoms with Crippen LogP contribution in [0.2, 0.25) is 0 Å². The highest BCUT2D eigenvalue weighted by atomic mass is 32.1. The minimum Gasteiger partial charge on any atom is -0.454 e. The zero-order valence-electron chi connectivity index (χ0n) is 21.1. The van der Waals surface area contributed by atoms with E-state index in [1.54, 1.807) is 11.3 Å². The molecular formula is C32H29NOS. The molecule has 0 aliphatic heterocycles. The smallest absolute Gasteiger partial charge is 0.153 e. The first kappa shape index (κ1) is 22.1. The van der Waals surface area contributed by atoms with Crippen molar-refractivity contribution in [1.29, 1.82) is 0 Å². The van der Waals surface area contributed by atoms with Gasteiger partial charge in [-0.15, -0.1) is 11.3 Å². The Hall–Kier alpha value is -3.43. The number of fused-ring (bicyclic) bond motifs is 5. The van der Waals surface area contributed by atoms with Crippen LogP contribution in [-0.4, -0.2) is 4.98 Å². The number of rotatable bonds is 2. The van der Waals surface area contributed by atoms with Crippen molar-refractivity contribution in [2.75, 3.05) is 0 Å². The molecule has 0 atom stereocenters. The molecule has 174 valence electrons. The van der Waals surface area contributed by atoms with Crippen molar-refractivity contribution in [2.45, 2.75) is 47.0 Å². The molecule has 0 amide bonds. The molecule has 0 spiro atoms. The average molecular weight is 476 g/mol. The molecule has 0 aliphatic rings. The molecule has 0 bridgehead atoms. The molecule has 0 radical (unpaired) electrons. The van der Waals surface area contributed by atoms with Gasteiger partial charge in [-0.25, -0.2) is 0 Å². The molecule has 3 aromatic heterocycles. The summed E-state index contributed by atoms with van der Waals surface area (Å²) in [7, 11) is 0. The van der Waals surface area contributed by atoms with Crippen LogP contribution in [0.1, 0.15) is 42.3 Å². The molecule has 0 N–H and O–H groups in total. The molecule has 0 fully saturated rings. The van der Waals surface area contributed by atoms with Crippen molar-refractivity contribution in [1.82, 2.24) is 4.98 Å². The van der Waals surface area contributed by atoms with Crippen LogP contribution in [0.3, 0.4) is 0 Å². The number of furan rings is 1. The lowest BCUT2D eigenvalue weighted by Gasteiger charge is -2.25. The molecule has 35 heavy (non-hydrogen) atoms. The first-order chi connectivity index (χ1) is 16.7. The number of hydrogen-bond donors (Lipinski definition) is 0. The van der Waals surface area contributed by atoms with Crippen molar-refractivity contribution >= 4 is 43.4 Å². The van der Waals surface area contributed by atoms with Gasteiger partial charge >= 0.3 is 0 Å². The van der Waals surface area contributed by atoms with E-state index < -0.39 is 0 Å². The minimum atomic E-state index is -0.0242. The largest absolute Gasteiger partial charge is 0.454 e. The molecule has 3 aromatic carbocycles. The van der Waals surface area contributed by atoms with Gasteiger partial charge in [0.05, 0.1) is 10.4 Å². The molecule has 0 saturated carbocycles. The van der Waals surface area contributed by atoms with Gasteiger partial charge < -0.3 is 4.42 Å². The van der Waals surface area contributed by atoms with Crippen LogP contribution < -0.4 is 0 Å². The molecule has 0 saturated heterocycles. The Bertz CT molecular complexity index is 1740. The Kier molecular flexibility index (Phi) is 4.91. The SMILES string of the molecule is Cc1cc2ccc3c4cccc(-c5cc(-c6c(C)cccc6C)c(C(C)(C)C)cn5)c4oc3c2s1. The highest BCUT2D eigenvalue weighted by molar-refractivity contribution is 7.19. The van der Waals surface area contributed by atoms with E-state index in [2.05, 4.69) is 108 Å². The Morgan fingerprint density at radius 1 is 0.771 bits per heavy atom. The summed E-state index contributed by atoms with van der Waals surface area (Å²) in [6.45, 7) is 13.3. The second kappa shape index (κ2) is 7.79. The highest BCUT2D eigenvalue weighted by Gasteiger charge is 2.23. The lowest BCUT2D eigenvalue weighted by atomic mass is 9.80. The first-order valence-corrected chi connectivity index (χ1v) is 13.0. The predicted octanol–water partition coefficient (Wildman–Crippen LogP) is 9.75. The topological polar surface area (TPSA) is 26.0 Å². The lowest BCUT2D eigenvalue weighted by Crippen LogP contribution is -2.14. The minimum absolute atomic E-state index is 0.0242. The highest BCUT2D eigenvalue weighted by Crippen LogP contribution is 2.42. The summed E-state index contributed by atoms with van der Waals surface area (Å²) in [5.74, 6) is 0. The Balaban J connectivity index is 1.65. The van der Waals surface area contributed by atoms with Gasteiger partial charge in [-0.3, -0.25) is 4.98 Å². The van der Waals surface area contributed by atoms with Crippen LogP contribution in [0, 0.1) is 20.8 Å². The standard InChI is InChI=1S/C32H29NOS/c1-18-9-7-10-19(2)28(18)25-16-27(33-17-26(25)32(4,5)6)24-12-8-11-22-23-14-13-21-15-20(3)35-31(21)30(23)34-29(22)24/h7-17H,1-6H3. The molecular weight excluding hydrogens is 446 g/mol. The quantitative estimate of drug-likeness (QED) is 0.249. The van der Waals surface area contributed by atoms with E-state index in [0.29, 0.717) is 0 Å². The fraction of sp³-hybridized carbons (Fsp3) is 0.219. The number of thiophene rings is 1. The zero-order chi connectivity index (χ0) is 24.5. The van der Waals surface area contributed by atoms with E-state index in [1.165, 1.54) is 42.8 Å². The normalized spacial score (nSPS) is 12.3. The van der Waals surface area contributed by atoms with Gasteiger partial charge in [-0.1, -0.05) is 57.2 Å². The van der Waals surface area contributed by atoms with Crippen LogP contribution in [0.15, 0.2) is 71.3 Å². The van der Waals surface area contributed by atoms with E-state index in [4.69, 9.17) is 9.40 Å². The summed E-state index contributed by atoms with van der Waals surface area (Å²) in [6, 6.07) is 21.8. The summed E-state index contributed by atoms with van der Waals surface area (Å²) in [6.07, 6.45) is 2.07. The molecule has 2 nitrogen and oxygen atoms in total. The van der Waals surface area contributed by atoms with E-state index in [1.807, 2.05) is 0 Å². The molecule has 3 heteroatoms. The number of hydrogen-bond acceptors (Lipinski definition) is 3. The average Bonchev–Trinajstić information content (AvgIpc) is 3.37. The maximum atomic E-state index is 6.63. The lowest BCUT2D eigenvalue weighted by molar-refractivity contribution is 0.589. The van der Waals surface area contributed by atoms with Crippen LogP contribution in [0.5, 0.6) is 0 Å². The monoisotopic (exact) mass is 475 g/mol. The molecule has 6 rings (SSSR count). The summed E-state index contributed by atoms with van der Waals surface area (Å²) in [4.78, 5) is 6.29. The van der Waals surface area contributed by atoms with E-state index in [0.717, 1.165) is 33.2 Å². The van der Waals surface area contributed by atoms with Gasteiger partial charge in [0.25, 0.3) is 0 Å². The maximum absolute atomic E-state index is 6.63. The van der Waals surface area contributed by atoms with Gasteiger partial charge in [0.1, 0.15) is 5.58 Å². The summed E-state index contributed by atoms with van der Waals surface area (Å²) < 4.78 is 7.84. The van der Waals surface area contributed by atoms with E-state index >= 15 is 0 Å². The van der Waals surface area contributed by atoms with E-state index in [9.17, 15) is 0 Å². The second-order valence-electron chi connectivity index (χ2n) is 10.6. The third kappa shape index (κ3) is 3.49. The van der Waals surface area contributed by atoms with Gasteiger partial charge in [0, 0.05) is 27.4 Å². The number of aromatic nitrogens is 1. The van der Waals surface area contributed by atoms with E-state index in [-0.39, 0.29) is 5.41 Å². The van der Waals surface area contributed by atoms with Crippen molar-refractivity contribution in [3.05, 3.63) is 88.4 Å². The Morgan fingerprint density at radius 3 is 2.23 bits per heavy atom. The van der Waals surface area contributed by atoms with Crippen molar-refractivity contribution in [3.63, 3.8) is 0 Å². The third-order valence-corrected chi connectivity index (χ3v) is 8.08.